The summed E-state index contributed by atoms with van der Waals surface area (Å²) < 4.78 is 111. The lowest BCUT2D eigenvalue weighted by molar-refractivity contribution is -0.141. The predicted octanol–water partition coefficient (Wildman–Crippen LogP) is 5.19. The van der Waals surface area contributed by atoms with E-state index in [2.05, 4.69) is 20.3 Å². The van der Waals surface area contributed by atoms with Crippen molar-refractivity contribution in [2.24, 2.45) is 0 Å². The summed E-state index contributed by atoms with van der Waals surface area (Å²) in [6, 6.07) is 8.71. The minimum atomic E-state index is -4.96. The average molecular weight is 549 g/mol. The predicted molar refractivity (Wildman–Crippen MR) is 117 cm³/mol. The Hall–Kier alpha value is -3.88. The van der Waals surface area contributed by atoms with Gasteiger partial charge >= 0.3 is 12.6 Å². The highest BCUT2D eigenvalue weighted by molar-refractivity contribution is 7.90. The Bertz CT molecular complexity index is 1420. The van der Waals surface area contributed by atoms with Gasteiger partial charge in [0.25, 0.3) is 18.1 Å². The normalized spacial score (nSPS) is 12.8. The maximum Gasteiger partial charge on any atom is 0.435 e. The van der Waals surface area contributed by atoms with Crippen LogP contribution in [0.4, 0.5) is 32.0 Å². The minimum absolute atomic E-state index is 0.0401. The second-order valence-corrected chi connectivity index (χ2v) is 9.55. The van der Waals surface area contributed by atoms with E-state index >= 15 is 0 Å². The number of hydrogen-bond donors (Lipinski definition) is 1. The standard InChI is InChI=1S/C22H17F6N3O5S/c1-11-8-13(35-19(25)18(23)24)6-7-16(11)36-21-15(10-17(30-31-21)22(26,27)28)20(32)29-12-4-3-5-14(9-12)37(2,33)34/h3-10,18-19H,1-2H3,(H,29,32). The highest BCUT2D eigenvalue weighted by Gasteiger charge is 2.35. The highest BCUT2D eigenvalue weighted by atomic mass is 32.2. The lowest BCUT2D eigenvalue weighted by Gasteiger charge is -2.15. The van der Waals surface area contributed by atoms with Crippen LogP contribution in [-0.2, 0) is 16.0 Å². The molecule has 0 saturated carbocycles. The molecule has 3 rings (SSSR count). The summed E-state index contributed by atoms with van der Waals surface area (Å²) >= 11 is 0. The first-order valence-electron chi connectivity index (χ1n) is 10.1. The van der Waals surface area contributed by atoms with Crippen molar-refractivity contribution in [1.29, 1.82) is 0 Å². The summed E-state index contributed by atoms with van der Waals surface area (Å²) in [4.78, 5) is 12.7. The minimum Gasteiger partial charge on any atom is -0.454 e. The fraction of sp³-hybridized carbons (Fsp3) is 0.227. The first kappa shape index (κ1) is 27.7. The van der Waals surface area contributed by atoms with E-state index in [1.54, 1.807) is 0 Å². The van der Waals surface area contributed by atoms with Crippen molar-refractivity contribution in [2.45, 2.75) is 30.8 Å². The number of hydrogen-bond acceptors (Lipinski definition) is 7. The summed E-state index contributed by atoms with van der Waals surface area (Å²) in [5.74, 6) is -2.14. The number of sulfone groups is 1. The first-order chi connectivity index (χ1) is 17.1. The Morgan fingerprint density at radius 1 is 1.03 bits per heavy atom. The average Bonchev–Trinajstić information content (AvgIpc) is 2.79. The lowest BCUT2D eigenvalue weighted by Crippen LogP contribution is -2.19. The Morgan fingerprint density at radius 2 is 1.73 bits per heavy atom. The van der Waals surface area contributed by atoms with Gasteiger partial charge in [-0.15, -0.1) is 10.2 Å². The zero-order chi connectivity index (χ0) is 27.5. The SMILES string of the molecule is Cc1cc(OC(F)C(F)F)ccc1Oc1nnc(C(F)(F)F)cc1C(=O)Nc1cccc(S(C)(=O)=O)c1. The number of benzene rings is 2. The van der Waals surface area contributed by atoms with Gasteiger partial charge in [-0.2, -0.15) is 17.6 Å². The fourth-order valence-electron chi connectivity index (χ4n) is 2.86. The summed E-state index contributed by atoms with van der Waals surface area (Å²) in [6.45, 7) is 1.39. The van der Waals surface area contributed by atoms with E-state index < -0.39 is 51.8 Å². The summed E-state index contributed by atoms with van der Waals surface area (Å²) in [5.41, 5.74) is -2.07. The Labute approximate surface area is 206 Å². The molecule has 1 N–H and O–H groups in total. The molecule has 37 heavy (non-hydrogen) atoms. The molecule has 2 aromatic carbocycles. The van der Waals surface area contributed by atoms with Crippen LogP contribution in [0.25, 0.3) is 0 Å². The molecule has 1 unspecified atom stereocenters. The van der Waals surface area contributed by atoms with Gasteiger partial charge in [0.2, 0.25) is 0 Å². The van der Waals surface area contributed by atoms with Gasteiger partial charge in [-0.25, -0.2) is 17.2 Å². The summed E-state index contributed by atoms with van der Waals surface area (Å²) in [6.07, 6.45) is -10.3. The lowest BCUT2D eigenvalue weighted by atomic mass is 10.2. The maximum absolute atomic E-state index is 13.2. The van der Waals surface area contributed by atoms with Gasteiger partial charge in [0.15, 0.2) is 15.5 Å². The van der Waals surface area contributed by atoms with Crippen molar-refractivity contribution in [3.8, 4) is 17.4 Å². The van der Waals surface area contributed by atoms with E-state index in [1.165, 1.54) is 25.1 Å². The molecule has 1 heterocycles. The second kappa shape index (κ2) is 10.6. The molecule has 3 aromatic rings. The molecular weight excluding hydrogens is 532 g/mol. The van der Waals surface area contributed by atoms with Crippen LogP contribution in [-0.4, -0.2) is 43.6 Å². The van der Waals surface area contributed by atoms with Gasteiger partial charge in [-0.05, 0) is 55.0 Å². The zero-order valence-corrected chi connectivity index (χ0v) is 19.7. The molecular formula is C22H17F6N3O5S. The molecule has 0 aliphatic heterocycles. The van der Waals surface area contributed by atoms with Gasteiger partial charge in [0, 0.05) is 11.9 Å². The molecule has 0 fully saturated rings. The third-order valence-electron chi connectivity index (χ3n) is 4.61. The maximum atomic E-state index is 13.2. The van der Waals surface area contributed by atoms with Gasteiger partial charge < -0.3 is 14.8 Å². The van der Waals surface area contributed by atoms with Crippen LogP contribution >= 0.6 is 0 Å². The molecule has 1 aromatic heterocycles. The number of nitrogens with zero attached hydrogens (tertiary/aromatic N) is 2. The molecule has 0 radical (unpaired) electrons. The van der Waals surface area contributed by atoms with Crippen molar-refractivity contribution in [3.63, 3.8) is 0 Å². The van der Waals surface area contributed by atoms with E-state index in [4.69, 9.17) is 4.74 Å². The number of amides is 1. The monoisotopic (exact) mass is 549 g/mol. The van der Waals surface area contributed by atoms with Crippen molar-refractivity contribution in [3.05, 3.63) is 65.4 Å². The van der Waals surface area contributed by atoms with Crippen molar-refractivity contribution >= 4 is 21.4 Å². The number of halogens is 6. The van der Waals surface area contributed by atoms with Crippen LogP contribution in [0.15, 0.2) is 53.4 Å². The third-order valence-corrected chi connectivity index (χ3v) is 5.73. The van der Waals surface area contributed by atoms with E-state index in [1.807, 2.05) is 0 Å². The quantitative estimate of drug-likeness (QED) is 0.386. The molecule has 8 nitrogen and oxygen atoms in total. The number of aromatic nitrogens is 2. The number of ether oxygens (including phenoxy) is 2. The van der Waals surface area contributed by atoms with Crippen LogP contribution in [0.3, 0.4) is 0 Å². The van der Waals surface area contributed by atoms with E-state index in [0.29, 0.717) is 6.07 Å². The molecule has 1 amide bonds. The van der Waals surface area contributed by atoms with E-state index in [0.717, 1.165) is 30.5 Å². The van der Waals surface area contributed by atoms with E-state index in [9.17, 15) is 39.6 Å². The van der Waals surface area contributed by atoms with Crippen LogP contribution < -0.4 is 14.8 Å². The fourth-order valence-corrected chi connectivity index (χ4v) is 3.52. The number of nitrogens with one attached hydrogen (secondary N) is 1. The molecule has 0 spiro atoms. The molecule has 0 saturated heterocycles. The summed E-state index contributed by atoms with van der Waals surface area (Å²) in [5, 5.41) is 8.67. The molecule has 198 valence electrons. The molecule has 0 aliphatic carbocycles. The smallest absolute Gasteiger partial charge is 0.435 e. The second-order valence-electron chi connectivity index (χ2n) is 7.53. The van der Waals surface area contributed by atoms with Gasteiger partial charge in [0.1, 0.15) is 17.1 Å². The number of aryl methyl sites for hydroxylation is 1. The van der Waals surface area contributed by atoms with Crippen LogP contribution in [0.2, 0.25) is 0 Å². The largest absolute Gasteiger partial charge is 0.454 e. The van der Waals surface area contributed by atoms with Crippen molar-refractivity contribution in [2.75, 3.05) is 11.6 Å². The van der Waals surface area contributed by atoms with Gasteiger partial charge in [-0.3, -0.25) is 4.79 Å². The number of anilines is 1. The topological polar surface area (TPSA) is 107 Å². The molecule has 0 bridgehead atoms. The Kier molecular flexibility index (Phi) is 7.95. The van der Waals surface area contributed by atoms with Crippen LogP contribution in [0.1, 0.15) is 21.6 Å². The molecule has 0 aliphatic rings. The molecule has 1 atom stereocenters. The molecule has 15 heteroatoms. The Morgan fingerprint density at radius 3 is 2.32 bits per heavy atom. The van der Waals surface area contributed by atoms with Crippen LogP contribution in [0.5, 0.6) is 17.4 Å². The van der Waals surface area contributed by atoms with Gasteiger partial charge in [-0.1, -0.05) is 6.07 Å². The zero-order valence-electron chi connectivity index (χ0n) is 18.9. The van der Waals surface area contributed by atoms with Crippen molar-refractivity contribution < 1.29 is 49.0 Å². The van der Waals surface area contributed by atoms with E-state index in [-0.39, 0.29) is 27.6 Å². The van der Waals surface area contributed by atoms with Gasteiger partial charge in [0.05, 0.1) is 4.90 Å². The first-order valence-corrected chi connectivity index (χ1v) is 12.0. The third kappa shape index (κ3) is 7.09. The number of rotatable bonds is 8. The Balaban J connectivity index is 1.95. The highest BCUT2D eigenvalue weighted by Crippen LogP contribution is 2.33. The number of carbonyl (C=O) groups is 1. The number of alkyl halides is 6. The number of carbonyl (C=O) groups excluding carboxylic acids is 1. The van der Waals surface area contributed by atoms with Crippen LogP contribution in [0, 0.1) is 6.92 Å². The van der Waals surface area contributed by atoms with Crippen molar-refractivity contribution in [1.82, 2.24) is 10.2 Å². The summed E-state index contributed by atoms with van der Waals surface area (Å²) in [7, 11) is -3.64.